The number of carbonyl (C=O) groups is 1. The predicted molar refractivity (Wildman–Crippen MR) is 91.4 cm³/mol. The Labute approximate surface area is 140 Å². The minimum absolute atomic E-state index is 0. The molecular weight excluding hydrogens is 322 g/mol. The van der Waals surface area contributed by atoms with E-state index in [4.69, 9.17) is 4.74 Å². The molecule has 0 fully saturated rings. The molecule has 0 saturated carbocycles. The normalized spacial score (nSPS) is 10.0. The van der Waals surface area contributed by atoms with Gasteiger partial charge in [-0.25, -0.2) is 4.98 Å². The number of nitrogens with one attached hydrogen (secondary N) is 2. The zero-order valence-corrected chi connectivity index (χ0v) is 14.0. The van der Waals surface area contributed by atoms with Crippen LogP contribution >= 0.6 is 23.7 Å². The summed E-state index contributed by atoms with van der Waals surface area (Å²) in [4.78, 5) is 16.1. The summed E-state index contributed by atoms with van der Waals surface area (Å²) in [5.74, 6) is -0.0413. The third kappa shape index (κ3) is 6.11. The molecule has 2 aromatic rings. The molecule has 2 rings (SSSR count). The Morgan fingerprint density at radius 3 is 2.82 bits per heavy atom. The standard InChI is InChI=1S/C15H19N3O2S.ClH/c1-20-8-7-16-10-14(19)17-9-13-11-21-15(18-13)12-5-3-2-4-6-12;/h2-6,11,16H,7-10H2,1H3,(H,17,19);1H. The monoisotopic (exact) mass is 341 g/mol. The topological polar surface area (TPSA) is 63.2 Å². The fraction of sp³-hybridized carbons (Fsp3) is 0.333. The van der Waals surface area contributed by atoms with Crippen LogP contribution in [0.1, 0.15) is 5.69 Å². The lowest BCUT2D eigenvalue weighted by Gasteiger charge is -2.04. The Bertz CT molecular complexity index is 563. The van der Waals surface area contributed by atoms with E-state index in [1.807, 2.05) is 35.7 Å². The zero-order valence-electron chi connectivity index (χ0n) is 12.4. The van der Waals surface area contributed by atoms with E-state index < -0.39 is 0 Å². The SMILES string of the molecule is COCCNCC(=O)NCc1csc(-c2ccccc2)n1.Cl. The zero-order chi connectivity index (χ0) is 14.9. The van der Waals surface area contributed by atoms with Gasteiger partial charge in [-0.1, -0.05) is 30.3 Å². The first-order valence-electron chi connectivity index (χ1n) is 6.76. The lowest BCUT2D eigenvalue weighted by atomic mass is 10.2. The van der Waals surface area contributed by atoms with Gasteiger partial charge in [-0.15, -0.1) is 23.7 Å². The Morgan fingerprint density at radius 2 is 2.09 bits per heavy atom. The molecule has 0 unspecified atom stereocenters. The molecule has 0 atom stereocenters. The summed E-state index contributed by atoms with van der Waals surface area (Å²) in [6, 6.07) is 10.0. The first kappa shape index (κ1) is 18.6. The van der Waals surface area contributed by atoms with Crippen molar-refractivity contribution >= 4 is 29.7 Å². The molecule has 0 radical (unpaired) electrons. The number of hydrogen-bond acceptors (Lipinski definition) is 5. The van der Waals surface area contributed by atoms with Crippen LogP contribution in [0, 0.1) is 0 Å². The van der Waals surface area contributed by atoms with E-state index in [0.29, 0.717) is 26.2 Å². The molecule has 1 heterocycles. The van der Waals surface area contributed by atoms with Crippen LogP contribution in [0.3, 0.4) is 0 Å². The van der Waals surface area contributed by atoms with E-state index in [9.17, 15) is 4.79 Å². The van der Waals surface area contributed by atoms with Crippen molar-refractivity contribution in [1.29, 1.82) is 0 Å². The number of carbonyl (C=O) groups excluding carboxylic acids is 1. The molecule has 1 amide bonds. The van der Waals surface area contributed by atoms with Gasteiger partial charge in [0, 0.05) is 24.6 Å². The van der Waals surface area contributed by atoms with Crippen molar-refractivity contribution in [2.75, 3.05) is 26.8 Å². The van der Waals surface area contributed by atoms with Crippen LogP contribution in [-0.4, -0.2) is 37.7 Å². The Morgan fingerprint density at radius 1 is 1.32 bits per heavy atom. The molecule has 1 aromatic heterocycles. The second-order valence-electron chi connectivity index (χ2n) is 4.46. The summed E-state index contributed by atoms with van der Waals surface area (Å²) < 4.78 is 4.89. The van der Waals surface area contributed by atoms with E-state index in [2.05, 4.69) is 15.6 Å². The minimum atomic E-state index is -0.0413. The van der Waals surface area contributed by atoms with Gasteiger partial charge in [-0.3, -0.25) is 4.79 Å². The Kier molecular flexibility index (Phi) is 8.69. The number of ether oxygens (including phenoxy) is 1. The molecule has 0 saturated heterocycles. The van der Waals surface area contributed by atoms with Crippen LogP contribution in [0.2, 0.25) is 0 Å². The van der Waals surface area contributed by atoms with Crippen LogP contribution in [0.4, 0.5) is 0 Å². The lowest BCUT2D eigenvalue weighted by molar-refractivity contribution is -0.120. The highest BCUT2D eigenvalue weighted by molar-refractivity contribution is 7.13. The lowest BCUT2D eigenvalue weighted by Crippen LogP contribution is -2.34. The number of hydrogen-bond donors (Lipinski definition) is 2. The maximum absolute atomic E-state index is 11.6. The van der Waals surface area contributed by atoms with Gasteiger partial charge >= 0.3 is 0 Å². The summed E-state index contributed by atoms with van der Waals surface area (Å²) in [6.45, 7) is 2.01. The van der Waals surface area contributed by atoms with Gasteiger partial charge < -0.3 is 15.4 Å². The summed E-state index contributed by atoms with van der Waals surface area (Å²) >= 11 is 1.58. The molecule has 2 N–H and O–H groups in total. The molecule has 5 nitrogen and oxygen atoms in total. The van der Waals surface area contributed by atoms with Crippen molar-refractivity contribution in [3.8, 4) is 10.6 Å². The van der Waals surface area contributed by atoms with Crippen molar-refractivity contribution < 1.29 is 9.53 Å². The fourth-order valence-electron chi connectivity index (χ4n) is 1.73. The second kappa shape index (κ2) is 10.3. The molecule has 0 bridgehead atoms. The molecule has 120 valence electrons. The van der Waals surface area contributed by atoms with Crippen molar-refractivity contribution in [1.82, 2.24) is 15.6 Å². The molecule has 0 spiro atoms. The van der Waals surface area contributed by atoms with E-state index in [1.165, 1.54) is 0 Å². The number of benzene rings is 1. The summed E-state index contributed by atoms with van der Waals surface area (Å²) in [6.07, 6.45) is 0. The highest BCUT2D eigenvalue weighted by atomic mass is 35.5. The van der Waals surface area contributed by atoms with Gasteiger partial charge in [0.15, 0.2) is 0 Å². The number of rotatable bonds is 8. The molecule has 22 heavy (non-hydrogen) atoms. The van der Waals surface area contributed by atoms with Gasteiger partial charge in [0.25, 0.3) is 0 Å². The summed E-state index contributed by atoms with van der Waals surface area (Å²) in [7, 11) is 1.63. The molecule has 1 aromatic carbocycles. The van der Waals surface area contributed by atoms with Gasteiger partial charge in [-0.2, -0.15) is 0 Å². The van der Waals surface area contributed by atoms with Gasteiger partial charge in [-0.05, 0) is 0 Å². The number of aromatic nitrogens is 1. The van der Waals surface area contributed by atoms with E-state index in [1.54, 1.807) is 18.4 Å². The predicted octanol–water partition coefficient (Wildman–Crippen LogP) is 2.08. The molecular formula is C15H20ClN3O2S. The molecule has 0 aliphatic rings. The van der Waals surface area contributed by atoms with Crippen molar-refractivity contribution in [3.05, 3.63) is 41.4 Å². The average molecular weight is 342 g/mol. The minimum Gasteiger partial charge on any atom is -0.383 e. The van der Waals surface area contributed by atoms with Crippen molar-refractivity contribution in [2.45, 2.75) is 6.54 Å². The largest absolute Gasteiger partial charge is 0.383 e. The second-order valence-corrected chi connectivity index (χ2v) is 5.31. The third-order valence-electron chi connectivity index (χ3n) is 2.81. The number of halogens is 1. The smallest absolute Gasteiger partial charge is 0.234 e. The Balaban J connectivity index is 0.00000242. The third-order valence-corrected chi connectivity index (χ3v) is 3.75. The fourth-order valence-corrected chi connectivity index (χ4v) is 2.56. The van der Waals surface area contributed by atoms with Crippen LogP contribution in [-0.2, 0) is 16.1 Å². The number of methoxy groups -OCH3 is 1. The maximum Gasteiger partial charge on any atom is 0.234 e. The maximum atomic E-state index is 11.6. The van der Waals surface area contributed by atoms with Gasteiger partial charge in [0.1, 0.15) is 5.01 Å². The summed E-state index contributed by atoms with van der Waals surface area (Å²) in [5.41, 5.74) is 1.98. The van der Waals surface area contributed by atoms with Crippen molar-refractivity contribution in [3.63, 3.8) is 0 Å². The van der Waals surface area contributed by atoms with E-state index >= 15 is 0 Å². The Hall–Kier alpha value is -1.47. The van der Waals surface area contributed by atoms with Crippen LogP contribution in [0.25, 0.3) is 10.6 Å². The van der Waals surface area contributed by atoms with Crippen LogP contribution in [0.5, 0.6) is 0 Å². The van der Waals surface area contributed by atoms with Crippen molar-refractivity contribution in [2.24, 2.45) is 0 Å². The number of amides is 1. The first-order valence-corrected chi connectivity index (χ1v) is 7.63. The average Bonchev–Trinajstić information content (AvgIpc) is 2.99. The number of nitrogens with zero attached hydrogens (tertiary/aromatic N) is 1. The molecule has 0 aliphatic carbocycles. The van der Waals surface area contributed by atoms with Crippen LogP contribution < -0.4 is 10.6 Å². The highest BCUT2D eigenvalue weighted by Gasteiger charge is 2.06. The van der Waals surface area contributed by atoms with Gasteiger partial charge in [0.05, 0.1) is 25.4 Å². The van der Waals surface area contributed by atoms with E-state index in [-0.39, 0.29) is 18.3 Å². The quantitative estimate of drug-likeness (QED) is 0.722. The number of thiazole rings is 1. The summed E-state index contributed by atoms with van der Waals surface area (Å²) in [5, 5.41) is 8.78. The van der Waals surface area contributed by atoms with E-state index in [0.717, 1.165) is 16.3 Å². The molecule has 0 aliphatic heterocycles. The molecule has 7 heteroatoms. The highest BCUT2D eigenvalue weighted by Crippen LogP contribution is 2.22. The first-order chi connectivity index (χ1) is 10.3. The van der Waals surface area contributed by atoms with Crippen LogP contribution in [0.15, 0.2) is 35.7 Å². The van der Waals surface area contributed by atoms with Gasteiger partial charge in [0.2, 0.25) is 5.91 Å².